The average molecular weight is 342 g/mol. The minimum absolute atomic E-state index is 0.0174. The Morgan fingerprint density at radius 3 is 2.68 bits per heavy atom. The van der Waals surface area contributed by atoms with Crippen LogP contribution >= 0.6 is 27.3 Å². The van der Waals surface area contributed by atoms with E-state index in [1.165, 1.54) is 0 Å². The van der Waals surface area contributed by atoms with E-state index in [1.807, 2.05) is 36.6 Å². The van der Waals surface area contributed by atoms with Crippen molar-refractivity contribution in [2.24, 2.45) is 5.73 Å². The molecule has 0 aliphatic rings. The molecule has 0 saturated carbocycles. The van der Waals surface area contributed by atoms with Gasteiger partial charge in [-0.3, -0.25) is 0 Å². The number of methoxy groups -OCH3 is 1. The van der Waals surface area contributed by atoms with Crippen molar-refractivity contribution in [2.75, 3.05) is 7.11 Å². The van der Waals surface area contributed by atoms with Crippen molar-refractivity contribution in [1.29, 1.82) is 0 Å². The molecule has 2 N–H and O–H groups in total. The zero-order valence-corrected chi connectivity index (χ0v) is 13.3. The first-order valence-electron chi connectivity index (χ1n) is 5.89. The summed E-state index contributed by atoms with van der Waals surface area (Å²) in [6, 6.07) is 7.82. The molecule has 19 heavy (non-hydrogen) atoms. The third-order valence-electron chi connectivity index (χ3n) is 2.71. The second kappa shape index (κ2) is 6.41. The van der Waals surface area contributed by atoms with Crippen LogP contribution < -0.4 is 15.2 Å². The summed E-state index contributed by atoms with van der Waals surface area (Å²) in [5.41, 5.74) is 6.89. The van der Waals surface area contributed by atoms with Crippen molar-refractivity contribution in [1.82, 2.24) is 0 Å². The number of thiophene rings is 1. The summed E-state index contributed by atoms with van der Waals surface area (Å²) in [5.74, 6) is 1.45. The van der Waals surface area contributed by atoms with Crippen LogP contribution in [0.5, 0.6) is 11.5 Å². The van der Waals surface area contributed by atoms with Crippen molar-refractivity contribution >= 4 is 27.3 Å². The van der Waals surface area contributed by atoms with Crippen LogP contribution in [0.4, 0.5) is 0 Å². The van der Waals surface area contributed by atoms with Crippen LogP contribution in [0.3, 0.4) is 0 Å². The Labute approximate surface area is 125 Å². The van der Waals surface area contributed by atoms with Gasteiger partial charge in [-0.05, 0) is 46.6 Å². The second-order valence-corrected chi connectivity index (χ2v) is 6.13. The molecule has 0 spiro atoms. The summed E-state index contributed by atoms with van der Waals surface area (Å²) in [6.07, 6.45) is 0. The van der Waals surface area contributed by atoms with E-state index in [0.29, 0.717) is 12.4 Å². The summed E-state index contributed by atoms with van der Waals surface area (Å²) >= 11 is 5.09. The minimum atomic E-state index is -0.0174. The number of nitrogens with two attached hydrogens (primary N) is 1. The van der Waals surface area contributed by atoms with Crippen molar-refractivity contribution in [3.05, 3.63) is 44.6 Å². The predicted octanol–water partition coefficient (Wildman–Crippen LogP) is 4.12. The number of benzene rings is 1. The molecule has 0 aliphatic heterocycles. The fourth-order valence-corrected chi connectivity index (χ4v) is 3.03. The van der Waals surface area contributed by atoms with Crippen molar-refractivity contribution < 1.29 is 9.47 Å². The van der Waals surface area contributed by atoms with Gasteiger partial charge >= 0.3 is 0 Å². The highest BCUT2D eigenvalue weighted by atomic mass is 79.9. The van der Waals surface area contributed by atoms with Gasteiger partial charge in [-0.2, -0.15) is 0 Å². The first kappa shape index (κ1) is 14.4. The molecule has 0 aliphatic carbocycles. The molecule has 3 nitrogen and oxygen atoms in total. The van der Waals surface area contributed by atoms with Gasteiger partial charge in [-0.1, -0.05) is 6.07 Å². The van der Waals surface area contributed by atoms with E-state index < -0.39 is 0 Å². The van der Waals surface area contributed by atoms with Crippen LogP contribution in [0, 0.1) is 0 Å². The monoisotopic (exact) mass is 341 g/mol. The first-order chi connectivity index (χ1) is 9.10. The number of rotatable bonds is 5. The largest absolute Gasteiger partial charge is 0.493 e. The molecule has 2 aromatic rings. The maximum atomic E-state index is 5.86. The fourth-order valence-electron chi connectivity index (χ4n) is 1.67. The van der Waals surface area contributed by atoms with Crippen molar-refractivity contribution in [2.45, 2.75) is 19.6 Å². The Morgan fingerprint density at radius 1 is 1.32 bits per heavy atom. The van der Waals surface area contributed by atoms with Gasteiger partial charge in [0.15, 0.2) is 11.5 Å². The summed E-state index contributed by atoms with van der Waals surface area (Å²) in [6.45, 7) is 2.47. The molecule has 1 aromatic carbocycles. The van der Waals surface area contributed by atoms with E-state index in [0.717, 1.165) is 20.7 Å². The molecule has 0 unspecified atom stereocenters. The zero-order valence-electron chi connectivity index (χ0n) is 10.9. The van der Waals surface area contributed by atoms with Gasteiger partial charge in [0, 0.05) is 20.8 Å². The summed E-state index contributed by atoms with van der Waals surface area (Å²) < 4.78 is 12.2. The Bertz CT molecular complexity index is 554. The van der Waals surface area contributed by atoms with Crippen LogP contribution in [-0.4, -0.2) is 7.11 Å². The van der Waals surface area contributed by atoms with Crippen molar-refractivity contribution in [3.63, 3.8) is 0 Å². The summed E-state index contributed by atoms with van der Waals surface area (Å²) in [5, 5.41) is 2.04. The molecule has 1 aromatic heterocycles. The van der Waals surface area contributed by atoms with E-state index in [4.69, 9.17) is 15.2 Å². The normalized spacial score (nSPS) is 12.2. The molecule has 1 atom stereocenters. The van der Waals surface area contributed by atoms with E-state index in [2.05, 4.69) is 15.9 Å². The van der Waals surface area contributed by atoms with E-state index in [1.54, 1.807) is 18.4 Å². The molecule has 5 heteroatoms. The van der Waals surface area contributed by atoms with Crippen LogP contribution in [0.1, 0.15) is 23.4 Å². The maximum absolute atomic E-state index is 5.86. The molecule has 102 valence electrons. The highest BCUT2D eigenvalue weighted by Crippen LogP contribution is 2.31. The predicted molar refractivity (Wildman–Crippen MR) is 81.9 cm³/mol. The average Bonchev–Trinajstić information content (AvgIpc) is 2.81. The lowest BCUT2D eigenvalue weighted by molar-refractivity contribution is 0.287. The van der Waals surface area contributed by atoms with Crippen molar-refractivity contribution in [3.8, 4) is 11.5 Å². The summed E-state index contributed by atoms with van der Waals surface area (Å²) in [4.78, 5) is 1.16. The van der Waals surface area contributed by atoms with E-state index in [-0.39, 0.29) is 6.04 Å². The first-order valence-corrected chi connectivity index (χ1v) is 7.56. The lowest BCUT2D eigenvalue weighted by Gasteiger charge is -2.13. The number of hydrogen-bond donors (Lipinski definition) is 1. The highest BCUT2D eigenvalue weighted by Gasteiger charge is 2.09. The molecule has 1 heterocycles. The molecule has 0 bridgehead atoms. The van der Waals surface area contributed by atoms with Gasteiger partial charge in [0.1, 0.15) is 6.61 Å². The Kier molecular flexibility index (Phi) is 4.85. The lowest BCUT2D eigenvalue weighted by atomic mass is 10.1. The minimum Gasteiger partial charge on any atom is -0.493 e. The molecule has 0 saturated heterocycles. The smallest absolute Gasteiger partial charge is 0.161 e. The molecule has 2 rings (SSSR count). The number of halogens is 1. The molecule has 0 fully saturated rings. The topological polar surface area (TPSA) is 44.5 Å². The quantitative estimate of drug-likeness (QED) is 0.889. The maximum Gasteiger partial charge on any atom is 0.161 e. The Balaban J connectivity index is 2.11. The van der Waals surface area contributed by atoms with Gasteiger partial charge in [0.05, 0.1) is 7.11 Å². The third kappa shape index (κ3) is 3.72. The molecular weight excluding hydrogens is 326 g/mol. The summed E-state index contributed by atoms with van der Waals surface area (Å²) in [7, 11) is 1.63. The Morgan fingerprint density at radius 2 is 2.11 bits per heavy atom. The molecule has 0 radical (unpaired) electrons. The Hall–Kier alpha value is -1.04. The number of hydrogen-bond acceptors (Lipinski definition) is 4. The zero-order chi connectivity index (χ0) is 13.8. The SMILES string of the molecule is COc1cc([C@H](C)N)ccc1OCc1cc(Br)cs1. The van der Waals surface area contributed by atoms with Crippen LogP contribution in [-0.2, 0) is 6.61 Å². The van der Waals surface area contributed by atoms with Gasteiger partial charge < -0.3 is 15.2 Å². The van der Waals surface area contributed by atoms with Crippen LogP contribution in [0.25, 0.3) is 0 Å². The standard InChI is InChI=1S/C14H16BrNO2S/c1-9(16)10-3-4-13(14(5-10)17-2)18-7-12-6-11(15)8-19-12/h3-6,8-9H,7,16H2,1-2H3/t9-/m0/s1. The van der Waals surface area contributed by atoms with Crippen LogP contribution in [0.2, 0.25) is 0 Å². The second-order valence-electron chi connectivity index (χ2n) is 4.22. The van der Waals surface area contributed by atoms with Gasteiger partial charge in [0.2, 0.25) is 0 Å². The third-order valence-corrected chi connectivity index (χ3v) is 4.38. The fraction of sp³-hybridized carbons (Fsp3) is 0.286. The number of ether oxygens (including phenoxy) is 2. The van der Waals surface area contributed by atoms with Gasteiger partial charge in [-0.15, -0.1) is 11.3 Å². The molecular formula is C14H16BrNO2S. The van der Waals surface area contributed by atoms with E-state index in [9.17, 15) is 0 Å². The highest BCUT2D eigenvalue weighted by molar-refractivity contribution is 9.10. The van der Waals surface area contributed by atoms with Gasteiger partial charge in [-0.25, -0.2) is 0 Å². The van der Waals surface area contributed by atoms with E-state index >= 15 is 0 Å². The molecule has 0 amide bonds. The lowest BCUT2D eigenvalue weighted by Crippen LogP contribution is -2.05. The van der Waals surface area contributed by atoms with Gasteiger partial charge in [0.25, 0.3) is 0 Å². The van der Waals surface area contributed by atoms with Crippen LogP contribution in [0.15, 0.2) is 34.1 Å².